The molecule has 0 aromatic rings. The molecule has 0 bridgehead atoms. The predicted octanol–water partition coefficient (Wildman–Crippen LogP) is 2.28. The molecule has 132 valence electrons. The van der Waals surface area contributed by atoms with E-state index in [9.17, 15) is 9.59 Å². The van der Waals surface area contributed by atoms with Gasteiger partial charge in [0.1, 0.15) is 17.7 Å². The fourth-order valence-electron chi connectivity index (χ4n) is 2.16. The van der Waals surface area contributed by atoms with E-state index in [1.54, 1.807) is 27.7 Å². The van der Waals surface area contributed by atoms with Gasteiger partial charge in [-0.2, -0.15) is 0 Å². The second-order valence-electron chi connectivity index (χ2n) is 6.77. The summed E-state index contributed by atoms with van der Waals surface area (Å²) < 4.78 is 15.7. The third-order valence-corrected chi connectivity index (χ3v) is 3.61. The third kappa shape index (κ3) is 5.41. The fourth-order valence-corrected chi connectivity index (χ4v) is 2.16. The minimum atomic E-state index is -0.706. The summed E-state index contributed by atoms with van der Waals surface area (Å²) in [6.07, 6.45) is -0.159. The summed E-state index contributed by atoms with van der Waals surface area (Å²) >= 11 is 0. The maximum absolute atomic E-state index is 12.1. The summed E-state index contributed by atoms with van der Waals surface area (Å²) in [6, 6.07) is -1.16. The van der Waals surface area contributed by atoms with Gasteiger partial charge >= 0.3 is 12.1 Å². The number of nitrogens with zero attached hydrogens (tertiary/aromatic N) is 1. The van der Waals surface area contributed by atoms with Crippen LogP contribution in [0.15, 0.2) is 4.99 Å². The van der Waals surface area contributed by atoms with Gasteiger partial charge in [-0.15, -0.1) is 0 Å². The van der Waals surface area contributed by atoms with Gasteiger partial charge in [-0.05, 0) is 33.6 Å². The zero-order chi connectivity index (χ0) is 17.8. The lowest BCUT2D eigenvalue weighted by Gasteiger charge is -2.26. The van der Waals surface area contributed by atoms with Crippen molar-refractivity contribution >= 4 is 18.0 Å². The molecule has 0 aromatic carbocycles. The summed E-state index contributed by atoms with van der Waals surface area (Å²) in [5, 5.41) is 2.80. The number of carbonyl (C=O) groups excluding carboxylic acids is 2. The van der Waals surface area contributed by atoms with Crippen LogP contribution in [-0.4, -0.2) is 48.9 Å². The van der Waals surface area contributed by atoms with Gasteiger partial charge in [0, 0.05) is 0 Å². The molecule has 7 heteroatoms. The number of rotatable bonds is 5. The maximum Gasteiger partial charge on any atom is 0.408 e. The van der Waals surface area contributed by atoms with E-state index in [1.807, 2.05) is 13.8 Å². The molecule has 0 saturated carbocycles. The van der Waals surface area contributed by atoms with E-state index in [0.717, 1.165) is 6.42 Å². The highest BCUT2D eigenvalue weighted by Gasteiger charge is 2.39. The average molecular weight is 328 g/mol. The first-order chi connectivity index (χ1) is 10.6. The molecule has 1 amide bonds. The first kappa shape index (κ1) is 19.3. The van der Waals surface area contributed by atoms with Crippen LogP contribution in [0, 0.1) is 5.92 Å². The topological polar surface area (TPSA) is 86.2 Å². The molecule has 0 aliphatic carbocycles. The monoisotopic (exact) mass is 328 g/mol. The molecular formula is C16H28N2O5. The minimum absolute atomic E-state index is 0.0739. The quantitative estimate of drug-likeness (QED) is 0.783. The van der Waals surface area contributed by atoms with Gasteiger partial charge in [-0.1, -0.05) is 20.3 Å². The number of alkyl carbamates (subject to hydrolysis) is 1. The Balaban J connectivity index is 2.91. The number of carbonyl (C=O) groups is 2. The van der Waals surface area contributed by atoms with E-state index in [2.05, 4.69) is 10.3 Å². The Morgan fingerprint density at radius 1 is 1.39 bits per heavy atom. The molecular weight excluding hydrogens is 300 g/mol. The van der Waals surface area contributed by atoms with Crippen LogP contribution in [-0.2, 0) is 19.0 Å². The summed E-state index contributed by atoms with van der Waals surface area (Å²) in [5.74, 6) is -0.0364. The molecule has 1 aliphatic heterocycles. The first-order valence-electron chi connectivity index (χ1n) is 7.90. The smallest absolute Gasteiger partial charge is 0.408 e. The molecule has 1 heterocycles. The summed E-state index contributed by atoms with van der Waals surface area (Å²) in [7, 11) is 1.31. The largest absolute Gasteiger partial charge is 0.474 e. The molecule has 1 rings (SSSR count). The van der Waals surface area contributed by atoms with Gasteiger partial charge in [0.15, 0.2) is 6.04 Å². The van der Waals surface area contributed by atoms with Crippen LogP contribution in [0.25, 0.3) is 0 Å². The SMILES string of the molecule is CC[C@H](C)[C@H](NC(=O)OC(C)(C)C)C1=N[C@H](C(=O)OC)[C@H](C)O1. The van der Waals surface area contributed by atoms with E-state index >= 15 is 0 Å². The third-order valence-electron chi connectivity index (χ3n) is 3.61. The Labute approximate surface area is 137 Å². The highest BCUT2D eigenvalue weighted by Crippen LogP contribution is 2.21. The molecule has 0 spiro atoms. The van der Waals surface area contributed by atoms with Crippen LogP contribution in [0.1, 0.15) is 48.0 Å². The second-order valence-corrected chi connectivity index (χ2v) is 6.77. The molecule has 0 unspecified atom stereocenters. The van der Waals surface area contributed by atoms with Crippen LogP contribution in [0.2, 0.25) is 0 Å². The molecule has 0 radical (unpaired) electrons. The van der Waals surface area contributed by atoms with E-state index in [-0.39, 0.29) is 5.92 Å². The van der Waals surface area contributed by atoms with Crippen molar-refractivity contribution in [2.24, 2.45) is 10.9 Å². The first-order valence-corrected chi connectivity index (χ1v) is 7.90. The normalized spacial score (nSPS) is 23.3. The number of hydrogen-bond donors (Lipinski definition) is 1. The number of amides is 1. The van der Waals surface area contributed by atoms with Gasteiger partial charge in [-0.25, -0.2) is 14.6 Å². The predicted molar refractivity (Wildman–Crippen MR) is 86.4 cm³/mol. The highest BCUT2D eigenvalue weighted by atomic mass is 16.6. The lowest BCUT2D eigenvalue weighted by molar-refractivity contribution is -0.143. The van der Waals surface area contributed by atoms with Crippen LogP contribution in [0.3, 0.4) is 0 Å². The number of aliphatic imine (C=N–C) groups is 1. The van der Waals surface area contributed by atoms with Gasteiger partial charge in [0.2, 0.25) is 5.90 Å². The summed E-state index contributed by atoms with van der Waals surface area (Å²) in [5.41, 5.74) is -0.593. The Morgan fingerprint density at radius 2 is 2.00 bits per heavy atom. The zero-order valence-electron chi connectivity index (χ0n) is 15.0. The Morgan fingerprint density at radius 3 is 2.48 bits per heavy atom. The second kappa shape index (κ2) is 7.66. The molecule has 23 heavy (non-hydrogen) atoms. The van der Waals surface area contributed by atoms with Crippen molar-refractivity contribution in [3.8, 4) is 0 Å². The lowest BCUT2D eigenvalue weighted by atomic mass is 9.99. The maximum atomic E-state index is 12.1. The molecule has 7 nitrogen and oxygen atoms in total. The highest BCUT2D eigenvalue weighted by molar-refractivity contribution is 5.91. The van der Waals surface area contributed by atoms with Gasteiger partial charge in [0.05, 0.1) is 7.11 Å². The Hall–Kier alpha value is -1.79. The number of ether oxygens (including phenoxy) is 3. The minimum Gasteiger partial charge on any atom is -0.474 e. The van der Waals surface area contributed by atoms with Crippen molar-refractivity contribution < 1.29 is 23.8 Å². The summed E-state index contributed by atoms with van der Waals surface area (Å²) in [4.78, 5) is 28.1. The number of methoxy groups -OCH3 is 1. The fraction of sp³-hybridized carbons (Fsp3) is 0.812. The van der Waals surface area contributed by atoms with Crippen molar-refractivity contribution in [3.05, 3.63) is 0 Å². The van der Waals surface area contributed by atoms with Crippen LogP contribution in [0.5, 0.6) is 0 Å². The number of hydrogen-bond acceptors (Lipinski definition) is 6. The molecule has 0 aromatic heterocycles. The number of esters is 1. The van der Waals surface area contributed by atoms with Crippen molar-refractivity contribution in [3.63, 3.8) is 0 Å². The van der Waals surface area contributed by atoms with Gasteiger partial charge in [-0.3, -0.25) is 0 Å². The molecule has 1 N–H and O–H groups in total. The Kier molecular flexibility index (Phi) is 6.41. The van der Waals surface area contributed by atoms with E-state index < -0.39 is 35.9 Å². The van der Waals surface area contributed by atoms with E-state index in [4.69, 9.17) is 14.2 Å². The standard InChI is InChI=1S/C16H28N2O5/c1-8-9(2)11(18-15(20)23-16(4,5)6)13-17-12(10(3)22-13)14(19)21-7/h9-12H,8H2,1-7H3,(H,18,20)/t9-,10-,11-,12-/m0/s1. The molecule has 1 aliphatic rings. The van der Waals surface area contributed by atoms with Crippen molar-refractivity contribution in [1.82, 2.24) is 5.32 Å². The van der Waals surface area contributed by atoms with Gasteiger partial charge in [0.25, 0.3) is 0 Å². The number of nitrogens with one attached hydrogen (secondary N) is 1. The zero-order valence-corrected chi connectivity index (χ0v) is 15.0. The summed E-state index contributed by atoms with van der Waals surface area (Å²) in [6.45, 7) is 11.1. The lowest BCUT2D eigenvalue weighted by Crippen LogP contribution is -2.47. The molecule has 0 saturated heterocycles. The van der Waals surface area contributed by atoms with Crippen molar-refractivity contribution in [1.29, 1.82) is 0 Å². The van der Waals surface area contributed by atoms with Crippen LogP contribution in [0.4, 0.5) is 4.79 Å². The van der Waals surface area contributed by atoms with Crippen LogP contribution < -0.4 is 5.32 Å². The van der Waals surface area contributed by atoms with Crippen LogP contribution >= 0.6 is 0 Å². The molecule has 4 atom stereocenters. The van der Waals surface area contributed by atoms with E-state index in [1.165, 1.54) is 7.11 Å². The van der Waals surface area contributed by atoms with Crippen molar-refractivity contribution in [2.75, 3.05) is 7.11 Å². The Bertz CT molecular complexity index is 470. The molecule has 0 fully saturated rings. The van der Waals surface area contributed by atoms with Gasteiger partial charge < -0.3 is 19.5 Å². The van der Waals surface area contributed by atoms with E-state index in [0.29, 0.717) is 5.90 Å². The average Bonchev–Trinajstić information content (AvgIpc) is 2.83. The van der Waals surface area contributed by atoms with Crippen molar-refractivity contribution in [2.45, 2.75) is 71.8 Å².